The third-order valence-corrected chi connectivity index (χ3v) is 3.86. The second kappa shape index (κ2) is 6.88. The van der Waals surface area contributed by atoms with Gasteiger partial charge in [-0.1, -0.05) is 11.6 Å². The van der Waals surface area contributed by atoms with E-state index in [4.69, 9.17) is 21.1 Å². The molecule has 0 saturated heterocycles. The van der Waals surface area contributed by atoms with E-state index in [1.165, 1.54) is 6.07 Å². The molecule has 0 atom stereocenters. The number of nitrogens with one attached hydrogen (secondary N) is 2. The molecular weight excluding hydrogens is 356 g/mol. The van der Waals surface area contributed by atoms with Gasteiger partial charge in [0.25, 0.3) is 11.8 Å². The molecule has 7 heteroatoms. The van der Waals surface area contributed by atoms with Gasteiger partial charge in [-0.3, -0.25) is 9.59 Å². The summed E-state index contributed by atoms with van der Waals surface area (Å²) in [5, 5.41) is 5.97. The van der Waals surface area contributed by atoms with Gasteiger partial charge >= 0.3 is 0 Å². The lowest BCUT2D eigenvalue weighted by atomic mass is 10.1. The van der Waals surface area contributed by atoms with E-state index in [-0.39, 0.29) is 24.1 Å². The number of fused-ring (bicyclic) bond motifs is 1. The first-order valence-electron chi connectivity index (χ1n) is 8.06. The molecule has 3 rings (SSSR count). The van der Waals surface area contributed by atoms with E-state index >= 15 is 0 Å². The van der Waals surface area contributed by atoms with Crippen molar-refractivity contribution in [1.82, 2.24) is 5.32 Å². The minimum Gasteiger partial charge on any atom is -0.454 e. The normalized spacial score (nSPS) is 12.6. The van der Waals surface area contributed by atoms with Crippen LogP contribution in [-0.2, 0) is 0 Å². The Hall–Kier alpha value is -2.73. The minimum atomic E-state index is -0.336. The largest absolute Gasteiger partial charge is 0.454 e. The van der Waals surface area contributed by atoms with Crippen LogP contribution in [0.2, 0.25) is 5.02 Å². The maximum Gasteiger partial charge on any atom is 0.255 e. The van der Waals surface area contributed by atoms with Crippen LogP contribution in [0.25, 0.3) is 0 Å². The van der Waals surface area contributed by atoms with E-state index in [9.17, 15) is 9.59 Å². The molecule has 0 fully saturated rings. The molecule has 26 heavy (non-hydrogen) atoms. The molecular formula is C19H19ClN2O4. The van der Waals surface area contributed by atoms with Crippen LogP contribution in [0, 0.1) is 0 Å². The molecule has 0 unspecified atom stereocenters. The maximum absolute atomic E-state index is 12.4. The molecule has 2 aromatic rings. The van der Waals surface area contributed by atoms with E-state index < -0.39 is 0 Å². The van der Waals surface area contributed by atoms with Gasteiger partial charge in [-0.05, 0) is 57.2 Å². The maximum atomic E-state index is 12.4. The summed E-state index contributed by atoms with van der Waals surface area (Å²) in [6.45, 7) is 5.82. The first kappa shape index (κ1) is 18.1. The Bertz CT molecular complexity index is 857. The summed E-state index contributed by atoms with van der Waals surface area (Å²) >= 11 is 6.10. The quantitative estimate of drug-likeness (QED) is 0.855. The standard InChI is InChI=1S/C19H19ClN2O4/c1-19(2,3)22-18(24)11-4-6-13(7-5-11)21-17(23)12-8-14(20)16-15(9-12)25-10-26-16/h4-9H,10H2,1-3H3,(H,21,23)(H,22,24). The third kappa shape index (κ3) is 4.08. The molecule has 1 aliphatic heterocycles. The number of hydrogen-bond acceptors (Lipinski definition) is 4. The molecule has 0 radical (unpaired) electrons. The topological polar surface area (TPSA) is 76.7 Å². The van der Waals surface area contributed by atoms with Crippen LogP contribution in [0.15, 0.2) is 36.4 Å². The molecule has 1 heterocycles. The molecule has 0 saturated carbocycles. The number of carbonyl (C=O) groups is 2. The molecule has 136 valence electrons. The van der Waals surface area contributed by atoms with Crippen LogP contribution in [0.3, 0.4) is 0 Å². The van der Waals surface area contributed by atoms with Crippen LogP contribution < -0.4 is 20.1 Å². The van der Waals surface area contributed by atoms with E-state index in [1.54, 1.807) is 30.3 Å². The average molecular weight is 375 g/mol. The van der Waals surface area contributed by atoms with Crippen molar-refractivity contribution in [3.63, 3.8) is 0 Å². The van der Waals surface area contributed by atoms with Crippen molar-refractivity contribution in [3.05, 3.63) is 52.5 Å². The predicted octanol–water partition coefficient (Wildman–Crippen LogP) is 3.85. The van der Waals surface area contributed by atoms with Crippen molar-refractivity contribution < 1.29 is 19.1 Å². The summed E-state index contributed by atoms with van der Waals surface area (Å²) in [6, 6.07) is 9.75. The number of amides is 2. The van der Waals surface area contributed by atoms with Crippen LogP contribution in [0.4, 0.5) is 5.69 Å². The Labute approximate surface area is 156 Å². The Kier molecular flexibility index (Phi) is 4.78. The van der Waals surface area contributed by atoms with Gasteiger partial charge in [-0.25, -0.2) is 0 Å². The highest BCUT2D eigenvalue weighted by Crippen LogP contribution is 2.39. The summed E-state index contributed by atoms with van der Waals surface area (Å²) in [5.74, 6) is 0.379. The van der Waals surface area contributed by atoms with E-state index in [0.29, 0.717) is 33.3 Å². The number of ether oxygens (including phenoxy) is 2. The molecule has 0 aliphatic carbocycles. The van der Waals surface area contributed by atoms with Crippen LogP contribution in [0.5, 0.6) is 11.5 Å². The van der Waals surface area contributed by atoms with Crippen LogP contribution in [-0.4, -0.2) is 24.1 Å². The van der Waals surface area contributed by atoms with Gasteiger partial charge in [-0.15, -0.1) is 0 Å². The highest BCUT2D eigenvalue weighted by atomic mass is 35.5. The lowest BCUT2D eigenvalue weighted by Crippen LogP contribution is -2.40. The number of carbonyl (C=O) groups excluding carboxylic acids is 2. The summed E-state index contributed by atoms with van der Waals surface area (Å²) in [6.07, 6.45) is 0. The zero-order valence-corrected chi connectivity index (χ0v) is 15.4. The van der Waals surface area contributed by atoms with Gasteiger partial charge in [0, 0.05) is 22.4 Å². The highest BCUT2D eigenvalue weighted by molar-refractivity contribution is 6.32. The van der Waals surface area contributed by atoms with Crippen molar-refractivity contribution >= 4 is 29.1 Å². The van der Waals surface area contributed by atoms with E-state index in [1.807, 2.05) is 20.8 Å². The Morgan fingerprint density at radius 1 is 1.00 bits per heavy atom. The highest BCUT2D eigenvalue weighted by Gasteiger charge is 2.21. The van der Waals surface area contributed by atoms with Gasteiger partial charge in [0.15, 0.2) is 11.5 Å². The predicted molar refractivity (Wildman–Crippen MR) is 99.2 cm³/mol. The SMILES string of the molecule is CC(C)(C)NC(=O)c1ccc(NC(=O)c2cc(Cl)c3c(c2)OCO3)cc1. The van der Waals surface area contributed by atoms with Gasteiger partial charge in [0.05, 0.1) is 5.02 Å². The number of rotatable bonds is 3. The average Bonchev–Trinajstić information content (AvgIpc) is 3.03. The van der Waals surface area contributed by atoms with Gasteiger partial charge < -0.3 is 20.1 Å². The fourth-order valence-electron chi connectivity index (χ4n) is 2.42. The van der Waals surface area contributed by atoms with Crippen molar-refractivity contribution in [2.24, 2.45) is 0 Å². The molecule has 0 aromatic heterocycles. The van der Waals surface area contributed by atoms with Gasteiger partial charge in [0.2, 0.25) is 6.79 Å². The van der Waals surface area contributed by atoms with Gasteiger partial charge in [-0.2, -0.15) is 0 Å². The van der Waals surface area contributed by atoms with E-state index in [0.717, 1.165) is 0 Å². The molecule has 6 nitrogen and oxygen atoms in total. The summed E-state index contributed by atoms with van der Waals surface area (Å²) < 4.78 is 10.5. The Balaban J connectivity index is 1.70. The fraction of sp³-hybridized carbons (Fsp3) is 0.263. The summed E-state index contributed by atoms with van der Waals surface area (Å²) in [5.41, 5.74) is 1.12. The summed E-state index contributed by atoms with van der Waals surface area (Å²) in [7, 11) is 0. The smallest absolute Gasteiger partial charge is 0.255 e. The fourth-order valence-corrected chi connectivity index (χ4v) is 2.68. The van der Waals surface area contributed by atoms with Crippen molar-refractivity contribution in [3.8, 4) is 11.5 Å². The number of halogens is 1. The third-order valence-electron chi connectivity index (χ3n) is 3.58. The lowest BCUT2D eigenvalue weighted by molar-refractivity contribution is 0.0919. The van der Waals surface area contributed by atoms with E-state index in [2.05, 4.69) is 10.6 Å². The van der Waals surface area contributed by atoms with Gasteiger partial charge in [0.1, 0.15) is 0 Å². The summed E-state index contributed by atoms with van der Waals surface area (Å²) in [4.78, 5) is 24.5. The van der Waals surface area contributed by atoms with Crippen molar-refractivity contribution in [1.29, 1.82) is 0 Å². The van der Waals surface area contributed by atoms with Crippen molar-refractivity contribution in [2.75, 3.05) is 12.1 Å². The van der Waals surface area contributed by atoms with Crippen LogP contribution in [0.1, 0.15) is 41.5 Å². The Morgan fingerprint density at radius 2 is 1.69 bits per heavy atom. The molecule has 2 amide bonds. The van der Waals surface area contributed by atoms with Crippen LogP contribution >= 0.6 is 11.6 Å². The minimum absolute atomic E-state index is 0.0816. The second-order valence-corrected chi connectivity index (χ2v) is 7.33. The zero-order chi connectivity index (χ0) is 18.9. The lowest BCUT2D eigenvalue weighted by Gasteiger charge is -2.20. The van der Waals surface area contributed by atoms with Crippen molar-refractivity contribution in [2.45, 2.75) is 26.3 Å². The first-order valence-corrected chi connectivity index (χ1v) is 8.44. The number of hydrogen-bond donors (Lipinski definition) is 2. The number of benzene rings is 2. The molecule has 0 spiro atoms. The molecule has 2 N–H and O–H groups in total. The molecule has 1 aliphatic rings. The second-order valence-electron chi connectivity index (χ2n) is 6.93. The zero-order valence-electron chi connectivity index (χ0n) is 14.7. The number of anilines is 1. The Morgan fingerprint density at radius 3 is 2.35 bits per heavy atom. The monoisotopic (exact) mass is 374 g/mol. The molecule has 0 bridgehead atoms. The molecule has 2 aromatic carbocycles. The first-order chi connectivity index (χ1) is 12.2.